The molecule has 2 aromatic carbocycles. The minimum Gasteiger partial charge on any atom is -0.483 e. The van der Waals surface area contributed by atoms with Crippen LogP contribution in [0.5, 0.6) is 5.75 Å². The molecule has 0 N–H and O–H groups in total. The lowest BCUT2D eigenvalue weighted by Crippen LogP contribution is -2.31. The maximum absolute atomic E-state index is 13.0. The molecule has 1 amide bonds. The van der Waals surface area contributed by atoms with Gasteiger partial charge >= 0.3 is 0 Å². The average molecular weight is 408 g/mol. The van der Waals surface area contributed by atoms with Gasteiger partial charge in [-0.3, -0.25) is 4.79 Å². The van der Waals surface area contributed by atoms with Crippen molar-refractivity contribution < 1.29 is 22.3 Å². The molecule has 0 atom stereocenters. The van der Waals surface area contributed by atoms with Gasteiger partial charge in [-0.05, 0) is 55.0 Å². The van der Waals surface area contributed by atoms with E-state index < -0.39 is 10.0 Å². The number of hydrogen-bond acceptors (Lipinski definition) is 4. The van der Waals surface area contributed by atoms with Gasteiger partial charge in [-0.25, -0.2) is 12.8 Å². The number of ether oxygens (including phenoxy) is 1. The summed E-state index contributed by atoms with van der Waals surface area (Å²) in [7, 11) is -1.98. The fourth-order valence-electron chi connectivity index (χ4n) is 2.70. The molecule has 0 bridgehead atoms. The van der Waals surface area contributed by atoms with Crippen LogP contribution in [0.3, 0.4) is 0 Å². The number of sulfonamides is 1. The first-order valence-corrected chi connectivity index (χ1v) is 10.4. The van der Waals surface area contributed by atoms with E-state index >= 15 is 0 Å². The van der Waals surface area contributed by atoms with Crippen molar-refractivity contribution in [1.82, 2.24) is 4.31 Å². The molecule has 0 saturated heterocycles. The number of carbonyl (C=O) groups is 1. The molecule has 0 saturated carbocycles. The SMILES string of the molecule is CCN(CC)S(=O)(=O)c1ccc(OCC(=O)N(C)c2ccc(F)cc2)c(C)c1. The Bertz CT molecular complexity index is 926. The van der Waals surface area contributed by atoms with Crippen LogP contribution < -0.4 is 9.64 Å². The van der Waals surface area contributed by atoms with Gasteiger partial charge in [0.15, 0.2) is 6.61 Å². The Morgan fingerprint density at radius 1 is 1.07 bits per heavy atom. The highest BCUT2D eigenvalue weighted by Gasteiger charge is 2.22. The predicted octanol–water partition coefficient (Wildman–Crippen LogP) is 3.21. The Kier molecular flexibility index (Phi) is 7.15. The molecule has 0 spiro atoms. The maximum atomic E-state index is 13.0. The molecule has 0 aliphatic rings. The molecule has 0 aliphatic heterocycles. The minimum atomic E-state index is -3.55. The third-order valence-electron chi connectivity index (χ3n) is 4.43. The van der Waals surface area contributed by atoms with Crippen molar-refractivity contribution in [2.24, 2.45) is 0 Å². The molecule has 0 aromatic heterocycles. The molecule has 2 rings (SSSR count). The molecule has 0 unspecified atom stereocenters. The molecule has 0 aliphatic carbocycles. The van der Waals surface area contributed by atoms with Crippen LogP contribution in [0.4, 0.5) is 10.1 Å². The molecule has 8 heteroatoms. The van der Waals surface area contributed by atoms with E-state index in [1.807, 2.05) is 0 Å². The Hall–Kier alpha value is -2.45. The van der Waals surface area contributed by atoms with Crippen molar-refractivity contribution >= 4 is 21.6 Å². The van der Waals surface area contributed by atoms with E-state index in [2.05, 4.69) is 0 Å². The average Bonchev–Trinajstić information content (AvgIpc) is 2.67. The van der Waals surface area contributed by atoms with Crippen molar-refractivity contribution in [1.29, 1.82) is 0 Å². The second kappa shape index (κ2) is 9.16. The summed E-state index contributed by atoms with van der Waals surface area (Å²) in [6, 6.07) is 10.1. The highest BCUT2D eigenvalue weighted by molar-refractivity contribution is 7.89. The fourth-order valence-corrected chi connectivity index (χ4v) is 4.25. The molecule has 2 aromatic rings. The minimum absolute atomic E-state index is 0.191. The molecule has 0 fully saturated rings. The van der Waals surface area contributed by atoms with Crippen LogP contribution in [-0.2, 0) is 14.8 Å². The van der Waals surface area contributed by atoms with Crippen LogP contribution in [0.1, 0.15) is 19.4 Å². The number of benzene rings is 2. The normalized spacial score (nSPS) is 11.5. The van der Waals surface area contributed by atoms with Crippen molar-refractivity contribution in [2.45, 2.75) is 25.7 Å². The summed E-state index contributed by atoms with van der Waals surface area (Å²) in [5.41, 5.74) is 1.16. The predicted molar refractivity (Wildman–Crippen MR) is 107 cm³/mol. The largest absolute Gasteiger partial charge is 0.483 e. The lowest BCUT2D eigenvalue weighted by molar-refractivity contribution is -0.120. The van der Waals surface area contributed by atoms with Crippen LogP contribution in [0, 0.1) is 12.7 Å². The van der Waals surface area contributed by atoms with Gasteiger partial charge in [0.25, 0.3) is 5.91 Å². The molecular weight excluding hydrogens is 383 g/mol. The maximum Gasteiger partial charge on any atom is 0.264 e. The summed E-state index contributed by atoms with van der Waals surface area (Å²) < 4.78 is 45.1. The zero-order chi connectivity index (χ0) is 20.9. The van der Waals surface area contributed by atoms with E-state index in [-0.39, 0.29) is 23.2 Å². The fraction of sp³-hybridized carbons (Fsp3) is 0.350. The first kappa shape index (κ1) is 21.8. The number of amides is 1. The van der Waals surface area contributed by atoms with Crippen molar-refractivity contribution in [3.8, 4) is 5.75 Å². The summed E-state index contributed by atoms with van der Waals surface area (Å²) >= 11 is 0. The van der Waals surface area contributed by atoms with E-state index in [9.17, 15) is 17.6 Å². The summed E-state index contributed by atoms with van der Waals surface area (Å²) in [6.07, 6.45) is 0. The number of carbonyl (C=O) groups excluding carboxylic acids is 1. The van der Waals surface area contributed by atoms with E-state index in [4.69, 9.17) is 4.74 Å². The van der Waals surface area contributed by atoms with Gasteiger partial charge in [-0.15, -0.1) is 0 Å². The second-order valence-corrected chi connectivity index (χ2v) is 8.17. The lowest BCUT2D eigenvalue weighted by Gasteiger charge is -2.20. The monoisotopic (exact) mass is 408 g/mol. The summed E-state index contributed by atoms with van der Waals surface area (Å²) in [4.78, 5) is 13.9. The number of halogens is 1. The van der Waals surface area contributed by atoms with Crippen LogP contribution in [0.15, 0.2) is 47.4 Å². The zero-order valence-electron chi connectivity index (χ0n) is 16.5. The lowest BCUT2D eigenvalue weighted by atomic mass is 10.2. The van der Waals surface area contributed by atoms with Crippen LogP contribution in [-0.4, -0.2) is 45.4 Å². The van der Waals surface area contributed by atoms with Gasteiger partial charge < -0.3 is 9.64 Å². The highest BCUT2D eigenvalue weighted by Crippen LogP contribution is 2.24. The van der Waals surface area contributed by atoms with Crippen LogP contribution in [0.25, 0.3) is 0 Å². The number of anilines is 1. The van der Waals surface area contributed by atoms with Gasteiger partial charge in [0.05, 0.1) is 4.90 Å². The van der Waals surface area contributed by atoms with E-state index in [0.29, 0.717) is 30.1 Å². The third-order valence-corrected chi connectivity index (χ3v) is 6.47. The topological polar surface area (TPSA) is 66.9 Å². The smallest absolute Gasteiger partial charge is 0.264 e. The van der Waals surface area contributed by atoms with Crippen LogP contribution in [0.2, 0.25) is 0 Å². The number of rotatable bonds is 8. The van der Waals surface area contributed by atoms with E-state index in [1.54, 1.807) is 33.9 Å². The Morgan fingerprint density at radius 3 is 2.21 bits per heavy atom. The van der Waals surface area contributed by atoms with Gasteiger partial charge in [0, 0.05) is 25.8 Å². The highest BCUT2D eigenvalue weighted by atomic mass is 32.2. The van der Waals surface area contributed by atoms with Crippen molar-refractivity contribution in [3.05, 3.63) is 53.8 Å². The molecule has 28 heavy (non-hydrogen) atoms. The summed E-state index contributed by atoms with van der Waals surface area (Å²) in [5.74, 6) is -0.263. The first-order valence-electron chi connectivity index (χ1n) is 8.96. The third kappa shape index (κ3) is 4.88. The van der Waals surface area contributed by atoms with E-state index in [1.165, 1.54) is 45.6 Å². The standard InChI is InChI=1S/C20H25FN2O4S/c1-5-23(6-2)28(25,26)18-11-12-19(15(3)13-18)27-14-20(24)22(4)17-9-7-16(21)8-10-17/h7-13H,5-6,14H2,1-4H3. The zero-order valence-corrected chi connectivity index (χ0v) is 17.3. The number of likely N-dealkylation sites (N-methyl/N-ethyl adjacent to an activating group) is 1. The summed E-state index contributed by atoms with van der Waals surface area (Å²) in [5, 5.41) is 0. The van der Waals surface area contributed by atoms with Crippen molar-refractivity contribution in [2.75, 3.05) is 31.6 Å². The Labute approximate surface area is 165 Å². The second-order valence-electron chi connectivity index (χ2n) is 6.23. The first-order chi connectivity index (χ1) is 13.2. The Balaban J connectivity index is 2.09. The Morgan fingerprint density at radius 2 is 1.68 bits per heavy atom. The van der Waals surface area contributed by atoms with Gasteiger partial charge in [0.1, 0.15) is 11.6 Å². The van der Waals surface area contributed by atoms with E-state index in [0.717, 1.165) is 0 Å². The molecule has 152 valence electrons. The molecule has 0 radical (unpaired) electrons. The quantitative estimate of drug-likeness (QED) is 0.673. The number of aryl methyl sites for hydroxylation is 1. The summed E-state index contributed by atoms with van der Waals surface area (Å²) in [6.45, 7) is 5.85. The van der Waals surface area contributed by atoms with Gasteiger partial charge in [0.2, 0.25) is 10.0 Å². The number of hydrogen-bond donors (Lipinski definition) is 0. The number of nitrogens with zero attached hydrogens (tertiary/aromatic N) is 2. The molecule has 0 heterocycles. The van der Waals surface area contributed by atoms with Gasteiger partial charge in [-0.2, -0.15) is 4.31 Å². The van der Waals surface area contributed by atoms with Gasteiger partial charge in [-0.1, -0.05) is 13.8 Å². The van der Waals surface area contributed by atoms with Crippen molar-refractivity contribution in [3.63, 3.8) is 0 Å². The molecule has 6 nitrogen and oxygen atoms in total. The van der Waals surface area contributed by atoms with Crippen LogP contribution >= 0.6 is 0 Å². The molecular formula is C20H25FN2O4S.